The van der Waals surface area contributed by atoms with Crippen LogP contribution in [0.5, 0.6) is 0 Å². The maximum atomic E-state index is 11.1. The SMILES string of the molecule is O=C(O)c1cc(SCc2csc3ccccc23)ccc1Br. The van der Waals surface area contributed by atoms with E-state index in [-0.39, 0.29) is 0 Å². The number of thiophene rings is 1. The summed E-state index contributed by atoms with van der Waals surface area (Å²) in [5, 5.41) is 12.6. The Balaban J connectivity index is 1.82. The highest BCUT2D eigenvalue weighted by Gasteiger charge is 2.10. The fourth-order valence-corrected chi connectivity index (χ4v) is 4.47. The summed E-state index contributed by atoms with van der Waals surface area (Å²) < 4.78 is 1.90. The molecule has 0 aliphatic rings. The molecule has 0 saturated carbocycles. The summed E-state index contributed by atoms with van der Waals surface area (Å²) in [6.45, 7) is 0. The molecule has 0 unspecified atom stereocenters. The number of halogens is 1. The third-order valence-electron chi connectivity index (χ3n) is 3.12. The Hall–Kier alpha value is -1.30. The molecule has 5 heteroatoms. The van der Waals surface area contributed by atoms with Crippen molar-refractivity contribution in [1.82, 2.24) is 0 Å². The Morgan fingerprint density at radius 2 is 2.05 bits per heavy atom. The number of thioether (sulfide) groups is 1. The molecule has 106 valence electrons. The molecule has 0 bridgehead atoms. The van der Waals surface area contributed by atoms with E-state index in [9.17, 15) is 4.79 Å². The minimum absolute atomic E-state index is 0.301. The quantitative estimate of drug-likeness (QED) is 0.595. The van der Waals surface area contributed by atoms with Gasteiger partial charge in [-0.25, -0.2) is 4.79 Å². The average Bonchev–Trinajstić information content (AvgIpc) is 2.89. The molecule has 0 atom stereocenters. The van der Waals surface area contributed by atoms with Crippen molar-refractivity contribution in [3.8, 4) is 0 Å². The van der Waals surface area contributed by atoms with Gasteiger partial charge in [-0.1, -0.05) is 18.2 Å². The lowest BCUT2D eigenvalue weighted by Gasteiger charge is -2.04. The largest absolute Gasteiger partial charge is 0.478 e. The van der Waals surface area contributed by atoms with Crippen molar-refractivity contribution < 1.29 is 9.90 Å². The van der Waals surface area contributed by atoms with Crippen molar-refractivity contribution in [3.63, 3.8) is 0 Å². The van der Waals surface area contributed by atoms with Crippen molar-refractivity contribution in [1.29, 1.82) is 0 Å². The lowest BCUT2D eigenvalue weighted by Crippen LogP contribution is -1.97. The molecule has 0 amide bonds. The minimum atomic E-state index is -0.912. The molecule has 0 aliphatic carbocycles. The number of fused-ring (bicyclic) bond motifs is 1. The summed E-state index contributed by atoms with van der Waals surface area (Å²) in [5.74, 6) is -0.0738. The summed E-state index contributed by atoms with van der Waals surface area (Å²) >= 11 is 6.67. The first-order valence-electron chi connectivity index (χ1n) is 6.26. The molecule has 1 aromatic heterocycles. The smallest absolute Gasteiger partial charge is 0.336 e. The molecule has 2 nitrogen and oxygen atoms in total. The Bertz CT molecular complexity index is 811. The second kappa shape index (κ2) is 6.22. The van der Waals surface area contributed by atoms with E-state index in [1.54, 1.807) is 35.2 Å². The van der Waals surface area contributed by atoms with E-state index >= 15 is 0 Å². The number of aromatic carboxylic acids is 1. The van der Waals surface area contributed by atoms with E-state index in [2.05, 4.69) is 33.4 Å². The minimum Gasteiger partial charge on any atom is -0.478 e. The zero-order valence-electron chi connectivity index (χ0n) is 10.9. The van der Waals surface area contributed by atoms with E-state index in [0.717, 1.165) is 10.6 Å². The van der Waals surface area contributed by atoms with Gasteiger partial charge in [0.05, 0.1) is 5.56 Å². The third kappa shape index (κ3) is 3.15. The summed E-state index contributed by atoms with van der Waals surface area (Å²) in [6, 6.07) is 13.8. The number of benzene rings is 2. The Labute approximate surface area is 138 Å². The predicted molar refractivity (Wildman–Crippen MR) is 92.5 cm³/mol. The van der Waals surface area contributed by atoms with Crippen LogP contribution in [0.3, 0.4) is 0 Å². The number of hydrogen-bond acceptors (Lipinski definition) is 3. The van der Waals surface area contributed by atoms with E-state index in [1.807, 2.05) is 18.2 Å². The van der Waals surface area contributed by atoms with Crippen molar-refractivity contribution in [2.45, 2.75) is 10.6 Å². The average molecular weight is 379 g/mol. The van der Waals surface area contributed by atoms with Gasteiger partial charge in [-0.2, -0.15) is 0 Å². The lowest BCUT2D eigenvalue weighted by atomic mass is 10.2. The van der Waals surface area contributed by atoms with Gasteiger partial charge in [-0.15, -0.1) is 23.1 Å². The van der Waals surface area contributed by atoms with Crippen LogP contribution in [0, 0.1) is 0 Å². The fourth-order valence-electron chi connectivity index (χ4n) is 2.06. The molecule has 0 fully saturated rings. The number of rotatable bonds is 4. The molecule has 3 rings (SSSR count). The van der Waals surface area contributed by atoms with Crippen LogP contribution < -0.4 is 0 Å². The van der Waals surface area contributed by atoms with Gasteiger partial charge >= 0.3 is 5.97 Å². The first-order valence-corrected chi connectivity index (χ1v) is 8.92. The Kier molecular flexibility index (Phi) is 4.33. The molecule has 21 heavy (non-hydrogen) atoms. The normalized spacial score (nSPS) is 10.9. The van der Waals surface area contributed by atoms with Crippen molar-refractivity contribution >= 4 is 55.1 Å². The van der Waals surface area contributed by atoms with Crippen molar-refractivity contribution in [3.05, 3.63) is 63.4 Å². The van der Waals surface area contributed by atoms with Crippen LogP contribution >= 0.6 is 39.0 Å². The van der Waals surface area contributed by atoms with E-state index < -0.39 is 5.97 Å². The molecular formula is C16H11BrO2S2. The van der Waals surface area contributed by atoms with Crippen LogP contribution in [0.4, 0.5) is 0 Å². The van der Waals surface area contributed by atoms with Crippen molar-refractivity contribution in [2.75, 3.05) is 0 Å². The van der Waals surface area contributed by atoms with Gasteiger partial charge in [-0.05, 0) is 56.5 Å². The molecule has 1 N–H and O–H groups in total. The highest BCUT2D eigenvalue weighted by Crippen LogP contribution is 2.32. The standard InChI is InChI=1S/C16H11BrO2S2/c17-14-6-5-11(7-13(14)16(18)19)20-8-10-9-21-15-4-2-1-3-12(10)15/h1-7,9H,8H2,(H,18,19). The lowest BCUT2D eigenvalue weighted by molar-refractivity contribution is 0.0695. The maximum Gasteiger partial charge on any atom is 0.336 e. The molecule has 0 spiro atoms. The molecule has 0 radical (unpaired) electrons. The Morgan fingerprint density at radius 3 is 2.86 bits per heavy atom. The topological polar surface area (TPSA) is 37.3 Å². The molecule has 3 aromatic rings. The molecular weight excluding hydrogens is 368 g/mol. The molecule has 0 saturated heterocycles. The number of hydrogen-bond donors (Lipinski definition) is 1. The van der Waals surface area contributed by atoms with E-state index in [1.165, 1.54) is 15.6 Å². The highest BCUT2D eigenvalue weighted by atomic mass is 79.9. The van der Waals surface area contributed by atoms with Gasteiger partial charge < -0.3 is 5.11 Å². The molecule has 0 aliphatic heterocycles. The van der Waals surface area contributed by atoms with Crippen LogP contribution in [0.15, 0.2) is 57.2 Å². The number of carboxylic acids is 1. The van der Waals surface area contributed by atoms with Crippen LogP contribution in [0.2, 0.25) is 0 Å². The number of carbonyl (C=O) groups is 1. The summed E-state index contributed by atoms with van der Waals surface area (Å²) in [4.78, 5) is 12.1. The van der Waals surface area contributed by atoms with Crippen LogP contribution in [-0.4, -0.2) is 11.1 Å². The van der Waals surface area contributed by atoms with E-state index in [0.29, 0.717) is 10.0 Å². The predicted octanol–water partition coefficient (Wildman–Crippen LogP) is 5.65. The summed E-state index contributed by atoms with van der Waals surface area (Å²) in [7, 11) is 0. The Morgan fingerprint density at radius 1 is 1.24 bits per heavy atom. The summed E-state index contributed by atoms with van der Waals surface area (Å²) in [5.41, 5.74) is 1.59. The first-order chi connectivity index (χ1) is 10.1. The van der Waals surface area contributed by atoms with Gasteiger partial charge in [0.25, 0.3) is 0 Å². The van der Waals surface area contributed by atoms with Gasteiger partial charge in [0.15, 0.2) is 0 Å². The van der Waals surface area contributed by atoms with Crippen molar-refractivity contribution in [2.24, 2.45) is 0 Å². The van der Waals surface area contributed by atoms with E-state index in [4.69, 9.17) is 5.11 Å². The van der Waals surface area contributed by atoms with Gasteiger partial charge in [0.1, 0.15) is 0 Å². The first kappa shape index (κ1) is 14.6. The fraction of sp³-hybridized carbons (Fsp3) is 0.0625. The number of carboxylic acid groups (broad SMARTS) is 1. The third-order valence-corrected chi connectivity index (χ3v) is 5.87. The summed E-state index contributed by atoms with van der Waals surface area (Å²) in [6.07, 6.45) is 0. The zero-order valence-corrected chi connectivity index (χ0v) is 14.1. The highest BCUT2D eigenvalue weighted by molar-refractivity contribution is 9.10. The van der Waals surface area contributed by atoms with Crippen LogP contribution in [0.25, 0.3) is 10.1 Å². The maximum absolute atomic E-state index is 11.1. The molecule has 1 heterocycles. The van der Waals surface area contributed by atoms with Gasteiger partial charge in [0, 0.05) is 19.8 Å². The van der Waals surface area contributed by atoms with Gasteiger partial charge in [0.2, 0.25) is 0 Å². The second-order valence-electron chi connectivity index (χ2n) is 4.49. The van der Waals surface area contributed by atoms with Gasteiger partial charge in [-0.3, -0.25) is 0 Å². The molecule has 2 aromatic carbocycles. The second-order valence-corrected chi connectivity index (χ2v) is 7.31. The monoisotopic (exact) mass is 378 g/mol. The zero-order chi connectivity index (χ0) is 14.8. The van der Waals surface area contributed by atoms with Crippen LogP contribution in [-0.2, 0) is 5.75 Å². The van der Waals surface area contributed by atoms with Crippen LogP contribution in [0.1, 0.15) is 15.9 Å².